The summed E-state index contributed by atoms with van der Waals surface area (Å²) in [5.74, 6) is 1.21. The second-order valence-corrected chi connectivity index (χ2v) is 7.31. The Morgan fingerprint density at radius 2 is 1.80 bits per heavy atom. The van der Waals surface area contributed by atoms with Gasteiger partial charge >= 0.3 is 0 Å². The van der Waals surface area contributed by atoms with Gasteiger partial charge < -0.3 is 9.47 Å². The van der Waals surface area contributed by atoms with E-state index >= 15 is 0 Å². The quantitative estimate of drug-likeness (QED) is 0.577. The lowest BCUT2D eigenvalue weighted by Crippen LogP contribution is -2.30. The van der Waals surface area contributed by atoms with E-state index in [1.165, 1.54) is 28.6 Å². The predicted octanol–water partition coefficient (Wildman–Crippen LogP) is 2.53. The van der Waals surface area contributed by atoms with Gasteiger partial charge in [-0.05, 0) is 29.8 Å². The Kier molecular flexibility index (Phi) is 4.60. The van der Waals surface area contributed by atoms with Crippen molar-refractivity contribution in [2.45, 2.75) is 18.4 Å². The maximum atomic E-state index is 12.8. The number of benzene rings is 2. The van der Waals surface area contributed by atoms with Gasteiger partial charge in [-0.1, -0.05) is 13.0 Å². The van der Waals surface area contributed by atoms with Crippen molar-refractivity contribution < 1.29 is 22.8 Å². The molecule has 0 atom stereocenters. The van der Waals surface area contributed by atoms with E-state index in [9.17, 15) is 18.5 Å². The highest BCUT2D eigenvalue weighted by molar-refractivity contribution is 7.89. The van der Waals surface area contributed by atoms with Gasteiger partial charge in [0.05, 0.1) is 9.82 Å². The van der Waals surface area contributed by atoms with Gasteiger partial charge in [-0.15, -0.1) is 0 Å². The molecule has 2 aromatic carbocycles. The van der Waals surface area contributed by atoms with Crippen LogP contribution in [0.25, 0.3) is 0 Å². The van der Waals surface area contributed by atoms with Crippen LogP contribution in [0.2, 0.25) is 0 Å². The molecule has 1 aliphatic heterocycles. The summed E-state index contributed by atoms with van der Waals surface area (Å²) >= 11 is 0. The molecule has 9 heteroatoms. The minimum Gasteiger partial charge on any atom is -0.454 e. The van der Waals surface area contributed by atoms with Crippen LogP contribution in [0.15, 0.2) is 47.4 Å². The summed E-state index contributed by atoms with van der Waals surface area (Å²) in [6, 6.07) is 10.1. The highest BCUT2D eigenvalue weighted by Crippen LogP contribution is 2.33. The molecular weight excluding hydrogens is 348 g/mol. The van der Waals surface area contributed by atoms with Crippen LogP contribution in [0.1, 0.15) is 12.5 Å². The zero-order valence-corrected chi connectivity index (χ0v) is 14.2. The molecule has 25 heavy (non-hydrogen) atoms. The summed E-state index contributed by atoms with van der Waals surface area (Å²) in [6.07, 6.45) is 0. The number of fused-ring (bicyclic) bond motifs is 1. The molecule has 2 aromatic rings. The Balaban J connectivity index is 1.84. The van der Waals surface area contributed by atoms with E-state index < -0.39 is 14.9 Å². The van der Waals surface area contributed by atoms with Crippen molar-refractivity contribution >= 4 is 15.7 Å². The Morgan fingerprint density at radius 1 is 1.12 bits per heavy atom. The van der Waals surface area contributed by atoms with Gasteiger partial charge in [0.15, 0.2) is 11.5 Å². The second kappa shape index (κ2) is 6.69. The lowest BCUT2D eigenvalue weighted by atomic mass is 10.2. The molecule has 0 aliphatic carbocycles. The Hall–Kier alpha value is -2.65. The number of nitrogens with zero attached hydrogens (tertiary/aromatic N) is 2. The Bertz CT molecular complexity index is 895. The monoisotopic (exact) mass is 364 g/mol. The summed E-state index contributed by atoms with van der Waals surface area (Å²) in [5, 5.41) is 10.7. The van der Waals surface area contributed by atoms with Crippen molar-refractivity contribution in [1.29, 1.82) is 0 Å². The first-order valence-corrected chi connectivity index (χ1v) is 8.99. The van der Waals surface area contributed by atoms with Crippen molar-refractivity contribution in [2.75, 3.05) is 13.3 Å². The zero-order chi connectivity index (χ0) is 18.0. The lowest BCUT2D eigenvalue weighted by molar-refractivity contribution is -0.384. The Labute approximate surface area is 144 Å². The second-order valence-electron chi connectivity index (χ2n) is 5.37. The van der Waals surface area contributed by atoms with Crippen molar-refractivity contribution in [3.8, 4) is 11.5 Å². The van der Waals surface area contributed by atoms with E-state index in [-0.39, 0.29) is 30.5 Å². The van der Waals surface area contributed by atoms with Crippen LogP contribution in [-0.2, 0) is 16.6 Å². The van der Waals surface area contributed by atoms with E-state index in [4.69, 9.17) is 9.47 Å². The molecule has 0 radical (unpaired) electrons. The molecule has 3 rings (SSSR count). The van der Waals surface area contributed by atoms with E-state index in [1.807, 2.05) is 0 Å². The highest BCUT2D eigenvalue weighted by atomic mass is 32.2. The molecule has 0 spiro atoms. The number of sulfonamides is 1. The van der Waals surface area contributed by atoms with Crippen molar-refractivity contribution in [3.63, 3.8) is 0 Å². The molecule has 0 fully saturated rings. The third kappa shape index (κ3) is 3.42. The number of nitro groups is 1. The summed E-state index contributed by atoms with van der Waals surface area (Å²) in [7, 11) is -3.77. The molecule has 1 heterocycles. The van der Waals surface area contributed by atoms with Crippen molar-refractivity contribution in [1.82, 2.24) is 4.31 Å². The minimum absolute atomic E-state index is 0.0145. The molecule has 0 bridgehead atoms. The van der Waals surface area contributed by atoms with Gasteiger partial charge in [-0.2, -0.15) is 4.31 Å². The lowest BCUT2D eigenvalue weighted by Gasteiger charge is -2.20. The first kappa shape index (κ1) is 17.2. The topological polar surface area (TPSA) is 99.0 Å². The molecule has 0 N–H and O–H groups in total. The number of non-ortho nitro benzene ring substituents is 1. The van der Waals surface area contributed by atoms with Crippen LogP contribution in [0.4, 0.5) is 5.69 Å². The third-order valence-electron chi connectivity index (χ3n) is 3.83. The molecule has 1 aliphatic rings. The van der Waals surface area contributed by atoms with Gasteiger partial charge in [0.2, 0.25) is 16.8 Å². The number of hydrogen-bond acceptors (Lipinski definition) is 6. The molecule has 132 valence electrons. The van der Waals surface area contributed by atoms with E-state index in [0.717, 1.165) is 5.56 Å². The normalized spacial score (nSPS) is 13.2. The Morgan fingerprint density at radius 3 is 2.44 bits per heavy atom. The summed E-state index contributed by atoms with van der Waals surface area (Å²) in [4.78, 5) is 10.2. The largest absolute Gasteiger partial charge is 0.454 e. The number of rotatable bonds is 6. The smallest absolute Gasteiger partial charge is 0.269 e. The van der Waals surface area contributed by atoms with Crippen LogP contribution < -0.4 is 9.47 Å². The van der Waals surface area contributed by atoms with Crippen molar-refractivity contribution in [3.05, 3.63) is 58.1 Å². The van der Waals surface area contributed by atoms with Gasteiger partial charge in [0.25, 0.3) is 5.69 Å². The van der Waals surface area contributed by atoms with Gasteiger partial charge in [0, 0.05) is 25.2 Å². The molecule has 0 saturated carbocycles. The number of ether oxygens (including phenoxy) is 2. The van der Waals surface area contributed by atoms with Crippen LogP contribution in [-0.4, -0.2) is 31.0 Å². The number of nitro benzene ring substituents is 1. The van der Waals surface area contributed by atoms with E-state index in [1.54, 1.807) is 25.1 Å². The summed E-state index contributed by atoms with van der Waals surface area (Å²) < 4.78 is 37.4. The fourth-order valence-electron chi connectivity index (χ4n) is 2.50. The molecule has 0 aromatic heterocycles. The van der Waals surface area contributed by atoms with Crippen LogP contribution >= 0.6 is 0 Å². The molecule has 0 saturated heterocycles. The van der Waals surface area contributed by atoms with Crippen LogP contribution in [0.3, 0.4) is 0 Å². The predicted molar refractivity (Wildman–Crippen MR) is 88.9 cm³/mol. The first-order chi connectivity index (χ1) is 11.9. The maximum Gasteiger partial charge on any atom is 0.269 e. The minimum atomic E-state index is -3.77. The highest BCUT2D eigenvalue weighted by Gasteiger charge is 2.25. The molecule has 8 nitrogen and oxygen atoms in total. The number of hydrogen-bond donors (Lipinski definition) is 0. The van der Waals surface area contributed by atoms with E-state index in [0.29, 0.717) is 11.5 Å². The molecule has 0 amide bonds. The van der Waals surface area contributed by atoms with Gasteiger partial charge in [-0.3, -0.25) is 10.1 Å². The van der Waals surface area contributed by atoms with Crippen molar-refractivity contribution in [2.24, 2.45) is 0 Å². The maximum absolute atomic E-state index is 12.8. The molecular formula is C16H16N2O6S. The van der Waals surface area contributed by atoms with E-state index in [2.05, 4.69) is 0 Å². The SMILES string of the molecule is CCN(Cc1ccc2c(c1)OCO2)S(=O)(=O)c1ccc([N+](=O)[O-])cc1. The van der Waals surface area contributed by atoms with Crippen LogP contribution in [0.5, 0.6) is 11.5 Å². The summed E-state index contributed by atoms with van der Waals surface area (Å²) in [6.45, 7) is 2.30. The average molecular weight is 364 g/mol. The van der Waals surface area contributed by atoms with Gasteiger partial charge in [-0.25, -0.2) is 8.42 Å². The third-order valence-corrected chi connectivity index (χ3v) is 5.77. The molecule has 0 unspecified atom stereocenters. The standard InChI is InChI=1S/C16H16N2O6S/c1-2-17(10-12-3-8-15-16(9-12)24-11-23-15)25(21,22)14-6-4-13(5-7-14)18(19)20/h3-9H,2,10-11H2,1H3. The zero-order valence-electron chi connectivity index (χ0n) is 13.4. The first-order valence-electron chi connectivity index (χ1n) is 7.55. The summed E-state index contributed by atoms with van der Waals surface area (Å²) in [5.41, 5.74) is 0.606. The van der Waals surface area contributed by atoms with Gasteiger partial charge in [0.1, 0.15) is 0 Å². The van der Waals surface area contributed by atoms with Crippen LogP contribution in [0, 0.1) is 10.1 Å². The average Bonchev–Trinajstić information content (AvgIpc) is 3.07. The fourth-order valence-corrected chi connectivity index (χ4v) is 3.94. The fraction of sp³-hybridized carbons (Fsp3) is 0.250.